The molecule has 2 heterocycles. The molecule has 1 aromatic rings. The van der Waals surface area contributed by atoms with E-state index in [2.05, 4.69) is 16.3 Å². The lowest BCUT2D eigenvalue weighted by Crippen LogP contribution is -2.42. The van der Waals surface area contributed by atoms with Crippen molar-refractivity contribution in [2.45, 2.75) is 19.3 Å². The van der Waals surface area contributed by atoms with Gasteiger partial charge in [0.05, 0.1) is 18.5 Å². The molecule has 2 saturated heterocycles. The molecule has 3 rings (SSSR count). The Morgan fingerprint density at radius 3 is 2.85 bits per heavy atom. The Morgan fingerprint density at radius 1 is 1.30 bits per heavy atom. The zero-order chi connectivity index (χ0) is 19.4. The normalized spacial score (nSPS) is 23.3. The minimum absolute atomic E-state index is 0.0516. The van der Waals surface area contributed by atoms with Gasteiger partial charge in [-0.3, -0.25) is 14.5 Å². The standard InChI is InChI=1S/C19H22F2N4O2/c20-16-4-3-15(9-17(16)21)25-12-14(8-18(25)26)19(27)23-10-13-2-1-6-24(11-13)7-5-22/h3-4,9,13-14H,1-2,6-8,10-12H2,(H,23,27). The Balaban J connectivity index is 1.53. The van der Waals surface area contributed by atoms with Crippen molar-refractivity contribution in [3.05, 3.63) is 29.8 Å². The van der Waals surface area contributed by atoms with Crippen molar-refractivity contribution in [1.82, 2.24) is 10.2 Å². The molecule has 0 bridgehead atoms. The van der Waals surface area contributed by atoms with Crippen molar-refractivity contribution in [3.8, 4) is 6.07 Å². The first-order valence-corrected chi connectivity index (χ1v) is 9.10. The molecule has 2 amide bonds. The van der Waals surface area contributed by atoms with Gasteiger partial charge in [0.15, 0.2) is 11.6 Å². The summed E-state index contributed by atoms with van der Waals surface area (Å²) in [6.45, 7) is 2.74. The van der Waals surface area contributed by atoms with Gasteiger partial charge in [-0.1, -0.05) is 0 Å². The lowest BCUT2D eigenvalue weighted by molar-refractivity contribution is -0.126. The van der Waals surface area contributed by atoms with Crippen molar-refractivity contribution in [1.29, 1.82) is 5.26 Å². The minimum atomic E-state index is -1.02. The highest BCUT2D eigenvalue weighted by atomic mass is 19.2. The third-order valence-electron chi connectivity index (χ3n) is 5.17. The Bertz CT molecular complexity index is 765. The van der Waals surface area contributed by atoms with E-state index in [4.69, 9.17) is 5.26 Å². The van der Waals surface area contributed by atoms with Gasteiger partial charge in [-0.05, 0) is 37.4 Å². The number of anilines is 1. The summed E-state index contributed by atoms with van der Waals surface area (Å²) in [6, 6.07) is 5.43. The Labute approximate surface area is 156 Å². The number of nitrogens with zero attached hydrogens (tertiary/aromatic N) is 3. The molecule has 0 aromatic heterocycles. The van der Waals surface area contributed by atoms with E-state index < -0.39 is 17.6 Å². The van der Waals surface area contributed by atoms with Crippen LogP contribution in [-0.4, -0.2) is 49.4 Å². The second kappa shape index (κ2) is 8.44. The van der Waals surface area contributed by atoms with Crippen LogP contribution in [0.5, 0.6) is 0 Å². The van der Waals surface area contributed by atoms with Gasteiger partial charge in [0.1, 0.15) is 0 Å². The number of hydrogen-bond acceptors (Lipinski definition) is 4. The summed E-state index contributed by atoms with van der Waals surface area (Å²) in [5.41, 5.74) is 0.258. The van der Waals surface area contributed by atoms with Crippen LogP contribution in [-0.2, 0) is 9.59 Å². The van der Waals surface area contributed by atoms with Crippen LogP contribution in [0.2, 0.25) is 0 Å². The molecular formula is C19H22F2N4O2. The quantitative estimate of drug-likeness (QED) is 0.793. The lowest BCUT2D eigenvalue weighted by atomic mass is 9.97. The number of likely N-dealkylation sites (tertiary alicyclic amines) is 1. The second-order valence-electron chi connectivity index (χ2n) is 7.15. The van der Waals surface area contributed by atoms with E-state index in [1.165, 1.54) is 11.0 Å². The van der Waals surface area contributed by atoms with Crippen molar-refractivity contribution in [3.63, 3.8) is 0 Å². The van der Waals surface area contributed by atoms with Crippen LogP contribution in [0.1, 0.15) is 19.3 Å². The van der Waals surface area contributed by atoms with Gasteiger partial charge in [0.25, 0.3) is 0 Å². The summed E-state index contributed by atoms with van der Waals surface area (Å²) in [6.07, 6.45) is 2.04. The second-order valence-corrected chi connectivity index (χ2v) is 7.15. The van der Waals surface area contributed by atoms with E-state index in [1.807, 2.05) is 0 Å². The summed E-state index contributed by atoms with van der Waals surface area (Å²) in [7, 11) is 0. The first-order chi connectivity index (χ1) is 13.0. The first-order valence-electron chi connectivity index (χ1n) is 9.10. The zero-order valence-corrected chi connectivity index (χ0v) is 15.0. The summed E-state index contributed by atoms with van der Waals surface area (Å²) in [5, 5.41) is 11.7. The van der Waals surface area contributed by atoms with Crippen LogP contribution in [0.25, 0.3) is 0 Å². The molecule has 0 saturated carbocycles. The highest BCUT2D eigenvalue weighted by Gasteiger charge is 2.35. The van der Waals surface area contributed by atoms with Gasteiger partial charge in [-0.2, -0.15) is 5.26 Å². The lowest BCUT2D eigenvalue weighted by Gasteiger charge is -2.31. The Kier molecular flexibility index (Phi) is 6.01. The van der Waals surface area contributed by atoms with Crippen molar-refractivity contribution in [2.75, 3.05) is 37.6 Å². The first kappa shape index (κ1) is 19.2. The molecule has 6 nitrogen and oxygen atoms in total. The van der Waals surface area contributed by atoms with Crippen LogP contribution >= 0.6 is 0 Å². The molecule has 2 unspecified atom stereocenters. The third kappa shape index (κ3) is 4.61. The van der Waals surface area contributed by atoms with E-state index in [0.29, 0.717) is 13.1 Å². The third-order valence-corrected chi connectivity index (χ3v) is 5.17. The van der Waals surface area contributed by atoms with Gasteiger partial charge in [0, 0.05) is 37.8 Å². The van der Waals surface area contributed by atoms with Crippen molar-refractivity contribution < 1.29 is 18.4 Å². The maximum absolute atomic E-state index is 13.4. The molecule has 2 fully saturated rings. The molecule has 0 spiro atoms. The number of rotatable bonds is 5. The van der Waals surface area contributed by atoms with E-state index in [-0.39, 0.29) is 36.4 Å². The summed E-state index contributed by atoms with van der Waals surface area (Å²) >= 11 is 0. The van der Waals surface area contributed by atoms with Crippen molar-refractivity contribution >= 4 is 17.5 Å². The van der Waals surface area contributed by atoms with E-state index in [9.17, 15) is 18.4 Å². The monoisotopic (exact) mass is 376 g/mol. The zero-order valence-electron chi connectivity index (χ0n) is 15.0. The molecule has 2 aliphatic heterocycles. The van der Waals surface area contributed by atoms with E-state index in [1.54, 1.807) is 0 Å². The molecule has 1 N–H and O–H groups in total. The number of halogens is 2. The highest BCUT2D eigenvalue weighted by molar-refractivity contribution is 6.00. The number of piperidine rings is 1. The molecule has 2 aliphatic rings. The molecule has 144 valence electrons. The fourth-order valence-corrected chi connectivity index (χ4v) is 3.74. The van der Waals surface area contributed by atoms with Gasteiger partial charge in [-0.25, -0.2) is 8.78 Å². The molecule has 8 heteroatoms. The number of carbonyl (C=O) groups excluding carboxylic acids is 2. The largest absolute Gasteiger partial charge is 0.355 e. The molecule has 0 radical (unpaired) electrons. The summed E-state index contributed by atoms with van der Waals surface area (Å²) in [4.78, 5) is 28.0. The number of benzene rings is 1. The number of carbonyl (C=O) groups is 2. The minimum Gasteiger partial charge on any atom is -0.355 e. The van der Waals surface area contributed by atoms with Crippen LogP contribution < -0.4 is 10.2 Å². The molecular weight excluding hydrogens is 354 g/mol. The highest BCUT2D eigenvalue weighted by Crippen LogP contribution is 2.26. The molecule has 1 aromatic carbocycles. The number of amides is 2. The molecule has 0 aliphatic carbocycles. The Morgan fingerprint density at radius 2 is 2.11 bits per heavy atom. The fourth-order valence-electron chi connectivity index (χ4n) is 3.74. The van der Waals surface area contributed by atoms with Gasteiger partial charge >= 0.3 is 0 Å². The van der Waals surface area contributed by atoms with Gasteiger partial charge in [0.2, 0.25) is 11.8 Å². The van der Waals surface area contributed by atoms with Crippen LogP contribution in [0.4, 0.5) is 14.5 Å². The van der Waals surface area contributed by atoms with E-state index in [0.717, 1.165) is 38.1 Å². The number of nitrogens with one attached hydrogen (secondary N) is 1. The fraction of sp³-hybridized carbons (Fsp3) is 0.526. The van der Waals surface area contributed by atoms with Crippen LogP contribution in [0.3, 0.4) is 0 Å². The number of hydrogen-bond donors (Lipinski definition) is 1. The number of nitriles is 1. The summed E-state index contributed by atoms with van der Waals surface area (Å²) in [5.74, 6) is -2.70. The average molecular weight is 376 g/mol. The Hall–Kier alpha value is -2.53. The van der Waals surface area contributed by atoms with Gasteiger partial charge < -0.3 is 10.2 Å². The predicted molar refractivity (Wildman–Crippen MR) is 94.6 cm³/mol. The van der Waals surface area contributed by atoms with Crippen molar-refractivity contribution in [2.24, 2.45) is 11.8 Å². The summed E-state index contributed by atoms with van der Waals surface area (Å²) < 4.78 is 26.5. The van der Waals surface area contributed by atoms with Crippen LogP contribution in [0.15, 0.2) is 18.2 Å². The predicted octanol–water partition coefficient (Wildman–Crippen LogP) is 1.67. The maximum Gasteiger partial charge on any atom is 0.227 e. The van der Waals surface area contributed by atoms with E-state index >= 15 is 0 Å². The molecule has 27 heavy (non-hydrogen) atoms. The van der Waals surface area contributed by atoms with Gasteiger partial charge in [-0.15, -0.1) is 0 Å². The topological polar surface area (TPSA) is 76.4 Å². The molecule has 2 atom stereocenters. The van der Waals surface area contributed by atoms with Crippen LogP contribution in [0, 0.1) is 34.8 Å². The maximum atomic E-state index is 13.4. The average Bonchev–Trinajstić information content (AvgIpc) is 3.04. The smallest absolute Gasteiger partial charge is 0.227 e. The SMILES string of the molecule is N#CCN1CCCC(CNC(=O)C2CC(=O)N(c3ccc(F)c(F)c3)C2)C1.